The minimum atomic E-state index is -0.172. The average molecular weight is 450 g/mol. The molecule has 0 saturated carbocycles. The normalized spacial score (nSPS) is 17.2. The number of aryl methyl sites for hydroxylation is 1. The van der Waals surface area contributed by atoms with Crippen molar-refractivity contribution < 1.29 is 14.3 Å². The van der Waals surface area contributed by atoms with Gasteiger partial charge in [0.15, 0.2) is 0 Å². The Kier molecular flexibility index (Phi) is 7.65. The maximum atomic E-state index is 12.6. The van der Waals surface area contributed by atoms with Gasteiger partial charge in [-0.1, -0.05) is 48.5 Å². The molecule has 33 heavy (non-hydrogen) atoms. The molecule has 1 fully saturated rings. The van der Waals surface area contributed by atoms with Gasteiger partial charge in [-0.3, -0.25) is 4.79 Å². The van der Waals surface area contributed by atoms with Crippen molar-refractivity contribution in [2.75, 3.05) is 32.8 Å². The molecular weight excluding hydrogens is 414 g/mol. The summed E-state index contributed by atoms with van der Waals surface area (Å²) in [6, 6.07) is 16.6. The number of hydrogen-bond donors (Lipinski definition) is 2. The van der Waals surface area contributed by atoms with Gasteiger partial charge >= 0.3 is 6.03 Å². The molecule has 2 aromatic carbocycles. The number of hydrogen-bond acceptors (Lipinski definition) is 3. The van der Waals surface area contributed by atoms with Crippen molar-refractivity contribution in [3.05, 3.63) is 70.8 Å². The summed E-state index contributed by atoms with van der Waals surface area (Å²) >= 11 is 0. The maximum Gasteiger partial charge on any atom is 0.314 e. The molecule has 0 aliphatic carbocycles. The fourth-order valence-corrected chi connectivity index (χ4v) is 5.09. The summed E-state index contributed by atoms with van der Waals surface area (Å²) in [5.41, 5.74) is 5.03. The maximum absolute atomic E-state index is 12.6. The number of amides is 3. The van der Waals surface area contributed by atoms with Crippen LogP contribution in [0.2, 0.25) is 0 Å². The molecule has 0 atom stereocenters. The quantitative estimate of drug-likeness (QED) is 0.633. The lowest BCUT2D eigenvalue weighted by Crippen LogP contribution is -2.47. The third-order valence-corrected chi connectivity index (χ3v) is 7.09. The van der Waals surface area contributed by atoms with Crippen LogP contribution in [0.15, 0.2) is 48.5 Å². The van der Waals surface area contributed by atoms with Crippen LogP contribution in [0, 0.1) is 6.92 Å². The summed E-state index contributed by atoms with van der Waals surface area (Å²) in [4.78, 5) is 27.0. The number of carbonyl (C=O) groups is 2. The van der Waals surface area contributed by atoms with Gasteiger partial charge in [0.05, 0.1) is 0 Å². The monoisotopic (exact) mass is 449 g/mol. The molecule has 2 aliphatic heterocycles. The molecule has 2 aromatic rings. The number of rotatable bonds is 7. The zero-order valence-corrected chi connectivity index (χ0v) is 19.6. The lowest BCUT2D eigenvalue weighted by atomic mass is 9.72. The van der Waals surface area contributed by atoms with E-state index in [0.717, 1.165) is 25.8 Å². The molecule has 4 rings (SSSR count). The Bertz CT molecular complexity index is 969. The van der Waals surface area contributed by atoms with Crippen molar-refractivity contribution in [2.45, 2.75) is 51.0 Å². The van der Waals surface area contributed by atoms with E-state index in [1.54, 1.807) is 0 Å². The standard InChI is InChI=1S/C27H35N3O3/c1-21-7-2-5-10-24(21)27(13-17-33-18-14-27)20-29-26(32)28-15-6-11-25(31)30-16-12-22-8-3-4-9-23(22)19-30/h2-5,7-10H,6,11-20H2,1H3,(H2,28,29,32). The number of urea groups is 1. The molecule has 2 aliphatic rings. The highest BCUT2D eigenvalue weighted by Gasteiger charge is 2.35. The summed E-state index contributed by atoms with van der Waals surface area (Å²) in [6.45, 7) is 6.08. The van der Waals surface area contributed by atoms with Crippen LogP contribution >= 0.6 is 0 Å². The number of nitrogens with one attached hydrogen (secondary N) is 2. The zero-order valence-electron chi connectivity index (χ0n) is 19.6. The van der Waals surface area contributed by atoms with Crippen LogP contribution in [0.25, 0.3) is 0 Å². The van der Waals surface area contributed by atoms with Crippen LogP contribution < -0.4 is 10.6 Å². The number of fused-ring (bicyclic) bond motifs is 1. The first kappa shape index (κ1) is 23.3. The Morgan fingerprint density at radius 1 is 1.00 bits per heavy atom. The molecule has 2 N–H and O–H groups in total. The van der Waals surface area contributed by atoms with E-state index in [9.17, 15) is 9.59 Å². The van der Waals surface area contributed by atoms with Gasteiger partial charge in [-0.2, -0.15) is 0 Å². The third kappa shape index (κ3) is 5.74. The van der Waals surface area contributed by atoms with Crippen molar-refractivity contribution >= 4 is 11.9 Å². The smallest absolute Gasteiger partial charge is 0.314 e. The number of nitrogens with zero attached hydrogens (tertiary/aromatic N) is 1. The largest absolute Gasteiger partial charge is 0.381 e. The first-order valence-corrected chi connectivity index (χ1v) is 12.1. The second kappa shape index (κ2) is 10.8. The number of ether oxygens (including phenoxy) is 1. The van der Waals surface area contributed by atoms with E-state index >= 15 is 0 Å². The third-order valence-electron chi connectivity index (χ3n) is 7.09. The molecule has 2 heterocycles. The Hall–Kier alpha value is -2.86. The highest BCUT2D eigenvalue weighted by atomic mass is 16.5. The summed E-state index contributed by atoms with van der Waals surface area (Å²) in [6.07, 6.45) is 3.79. The molecule has 0 unspecified atom stereocenters. The molecule has 0 aromatic heterocycles. The van der Waals surface area contributed by atoms with Gasteiger partial charge in [-0.05, 0) is 54.9 Å². The van der Waals surface area contributed by atoms with E-state index in [4.69, 9.17) is 4.74 Å². The fourth-order valence-electron chi connectivity index (χ4n) is 5.09. The first-order valence-electron chi connectivity index (χ1n) is 12.1. The van der Waals surface area contributed by atoms with Crippen molar-refractivity contribution in [3.63, 3.8) is 0 Å². The Balaban J connectivity index is 1.21. The first-order chi connectivity index (χ1) is 16.1. The van der Waals surface area contributed by atoms with Gasteiger partial charge in [0.2, 0.25) is 5.91 Å². The van der Waals surface area contributed by atoms with Crippen LogP contribution in [0.1, 0.15) is 47.9 Å². The van der Waals surface area contributed by atoms with Gasteiger partial charge in [-0.25, -0.2) is 4.79 Å². The van der Waals surface area contributed by atoms with Crippen molar-refractivity contribution in [1.82, 2.24) is 15.5 Å². The van der Waals surface area contributed by atoms with Crippen LogP contribution in [-0.2, 0) is 27.9 Å². The van der Waals surface area contributed by atoms with E-state index in [1.165, 1.54) is 22.3 Å². The Morgan fingerprint density at radius 3 is 2.52 bits per heavy atom. The Morgan fingerprint density at radius 2 is 1.73 bits per heavy atom. The van der Waals surface area contributed by atoms with E-state index in [-0.39, 0.29) is 17.4 Å². The minimum absolute atomic E-state index is 0.0958. The van der Waals surface area contributed by atoms with Gasteiger partial charge in [0.1, 0.15) is 0 Å². The highest BCUT2D eigenvalue weighted by Crippen LogP contribution is 2.36. The molecule has 1 saturated heterocycles. The zero-order chi connectivity index (χ0) is 23.1. The molecule has 0 radical (unpaired) electrons. The topological polar surface area (TPSA) is 70.7 Å². The van der Waals surface area contributed by atoms with Crippen LogP contribution in [0.5, 0.6) is 0 Å². The van der Waals surface area contributed by atoms with Crippen LogP contribution in [0.4, 0.5) is 4.79 Å². The lowest BCUT2D eigenvalue weighted by molar-refractivity contribution is -0.132. The second-order valence-electron chi connectivity index (χ2n) is 9.25. The molecular formula is C27H35N3O3. The molecule has 0 bridgehead atoms. The molecule has 0 spiro atoms. The van der Waals surface area contributed by atoms with E-state index in [0.29, 0.717) is 45.7 Å². The van der Waals surface area contributed by atoms with Crippen LogP contribution in [-0.4, -0.2) is 49.7 Å². The lowest BCUT2D eigenvalue weighted by Gasteiger charge is -2.39. The molecule has 3 amide bonds. The van der Waals surface area contributed by atoms with Gasteiger partial charge in [-0.15, -0.1) is 0 Å². The predicted octanol–water partition coefficient (Wildman–Crippen LogP) is 3.71. The van der Waals surface area contributed by atoms with Gasteiger partial charge < -0.3 is 20.3 Å². The molecule has 176 valence electrons. The SMILES string of the molecule is Cc1ccccc1C1(CNC(=O)NCCCC(=O)N2CCc3ccccc3C2)CCOCC1. The minimum Gasteiger partial charge on any atom is -0.381 e. The molecule has 6 heteroatoms. The van der Waals surface area contributed by atoms with E-state index in [2.05, 4.69) is 60.0 Å². The predicted molar refractivity (Wildman–Crippen MR) is 129 cm³/mol. The summed E-state index contributed by atoms with van der Waals surface area (Å²) < 4.78 is 5.60. The second-order valence-corrected chi connectivity index (χ2v) is 9.25. The van der Waals surface area contributed by atoms with Crippen molar-refractivity contribution in [1.29, 1.82) is 0 Å². The summed E-state index contributed by atoms with van der Waals surface area (Å²) in [5, 5.41) is 6.01. The van der Waals surface area contributed by atoms with Crippen LogP contribution in [0.3, 0.4) is 0 Å². The van der Waals surface area contributed by atoms with Gasteiger partial charge in [0.25, 0.3) is 0 Å². The molecule has 6 nitrogen and oxygen atoms in total. The van der Waals surface area contributed by atoms with Gasteiger partial charge in [0, 0.05) is 51.2 Å². The van der Waals surface area contributed by atoms with Crippen molar-refractivity contribution in [3.8, 4) is 0 Å². The Labute approximate surface area is 196 Å². The van der Waals surface area contributed by atoms with E-state index < -0.39 is 0 Å². The van der Waals surface area contributed by atoms with Crippen molar-refractivity contribution in [2.24, 2.45) is 0 Å². The number of benzene rings is 2. The number of carbonyl (C=O) groups excluding carboxylic acids is 2. The highest BCUT2D eigenvalue weighted by molar-refractivity contribution is 5.77. The summed E-state index contributed by atoms with van der Waals surface area (Å²) in [5.74, 6) is 0.160. The fraction of sp³-hybridized carbons (Fsp3) is 0.481. The van der Waals surface area contributed by atoms with E-state index in [1.807, 2.05) is 11.0 Å². The summed E-state index contributed by atoms with van der Waals surface area (Å²) in [7, 11) is 0. The average Bonchev–Trinajstić information content (AvgIpc) is 2.86.